The molecule has 0 aromatic heterocycles. The van der Waals surface area contributed by atoms with Gasteiger partial charge < -0.3 is 19.9 Å². The summed E-state index contributed by atoms with van der Waals surface area (Å²) in [5, 5.41) is 12.0. The van der Waals surface area contributed by atoms with Gasteiger partial charge in [0.2, 0.25) is 5.60 Å². The molecule has 6 heteroatoms. The Kier molecular flexibility index (Phi) is 5.00. The van der Waals surface area contributed by atoms with Gasteiger partial charge in [-0.15, -0.1) is 0 Å². The van der Waals surface area contributed by atoms with E-state index < -0.39 is 17.5 Å². The van der Waals surface area contributed by atoms with Gasteiger partial charge in [-0.05, 0) is 31.0 Å². The van der Waals surface area contributed by atoms with Crippen molar-refractivity contribution < 1.29 is 24.2 Å². The maximum absolute atomic E-state index is 12.4. The van der Waals surface area contributed by atoms with Crippen molar-refractivity contribution in [1.29, 1.82) is 0 Å². The molecular weight excluding hydrogens is 322 g/mol. The van der Waals surface area contributed by atoms with Crippen LogP contribution in [0.2, 0.25) is 0 Å². The van der Waals surface area contributed by atoms with Gasteiger partial charge in [-0.2, -0.15) is 0 Å². The van der Waals surface area contributed by atoms with Crippen LogP contribution in [0.5, 0.6) is 11.5 Å². The number of para-hydroxylation sites is 2. The van der Waals surface area contributed by atoms with E-state index in [1.807, 2.05) is 48.5 Å². The van der Waals surface area contributed by atoms with E-state index in [2.05, 4.69) is 5.32 Å². The Hall–Kier alpha value is -2.86. The maximum Gasteiger partial charge on any atom is 0.345 e. The van der Waals surface area contributed by atoms with Crippen LogP contribution >= 0.6 is 0 Å². The molecule has 2 aromatic rings. The summed E-state index contributed by atoms with van der Waals surface area (Å²) < 4.78 is 11.1. The zero-order valence-corrected chi connectivity index (χ0v) is 13.6. The van der Waals surface area contributed by atoms with Gasteiger partial charge in [0.15, 0.2) is 0 Å². The zero-order chi connectivity index (χ0) is 17.7. The molecule has 1 unspecified atom stereocenters. The normalized spacial score (nSPS) is 19.4. The third-order valence-electron chi connectivity index (χ3n) is 4.12. The molecule has 130 valence electrons. The molecule has 1 fully saturated rings. The fourth-order valence-electron chi connectivity index (χ4n) is 2.77. The molecule has 6 nitrogen and oxygen atoms in total. The van der Waals surface area contributed by atoms with Crippen LogP contribution < -0.4 is 10.1 Å². The van der Waals surface area contributed by atoms with Crippen molar-refractivity contribution >= 4 is 11.9 Å². The van der Waals surface area contributed by atoms with Gasteiger partial charge in [-0.25, -0.2) is 4.79 Å². The Morgan fingerprint density at radius 1 is 1.12 bits per heavy atom. The Morgan fingerprint density at radius 2 is 1.84 bits per heavy atom. The number of amides is 1. The molecule has 1 saturated heterocycles. The second-order valence-electron chi connectivity index (χ2n) is 5.79. The summed E-state index contributed by atoms with van der Waals surface area (Å²) in [5.41, 5.74) is -1.03. The maximum atomic E-state index is 12.4. The molecule has 0 radical (unpaired) electrons. The molecule has 25 heavy (non-hydrogen) atoms. The predicted octanol–water partition coefficient (Wildman–Crippen LogP) is 2.73. The van der Waals surface area contributed by atoms with Crippen molar-refractivity contribution in [2.24, 2.45) is 0 Å². The third-order valence-corrected chi connectivity index (χ3v) is 4.12. The van der Waals surface area contributed by atoms with E-state index in [-0.39, 0.29) is 19.6 Å². The highest BCUT2D eigenvalue weighted by Gasteiger charge is 2.50. The molecule has 1 aliphatic rings. The van der Waals surface area contributed by atoms with E-state index in [4.69, 9.17) is 9.47 Å². The largest absolute Gasteiger partial charge is 0.479 e. The molecule has 0 saturated carbocycles. The lowest BCUT2D eigenvalue weighted by atomic mass is 9.99. The lowest BCUT2D eigenvalue weighted by Gasteiger charge is -2.22. The second kappa shape index (κ2) is 7.36. The molecule has 3 rings (SSSR count). The quantitative estimate of drug-likeness (QED) is 0.789. The Morgan fingerprint density at radius 3 is 2.52 bits per heavy atom. The first kappa shape index (κ1) is 17.0. The molecule has 2 N–H and O–H groups in total. The Bertz CT molecular complexity index is 753. The predicted molar refractivity (Wildman–Crippen MR) is 90.4 cm³/mol. The van der Waals surface area contributed by atoms with Gasteiger partial charge in [-0.3, -0.25) is 4.79 Å². The minimum atomic E-state index is -1.78. The number of carboxylic acids is 1. The van der Waals surface area contributed by atoms with Crippen molar-refractivity contribution in [2.75, 3.05) is 6.61 Å². The van der Waals surface area contributed by atoms with E-state index in [0.29, 0.717) is 17.9 Å². The number of carbonyl (C=O) groups is 2. The smallest absolute Gasteiger partial charge is 0.345 e. The first-order valence-corrected chi connectivity index (χ1v) is 8.08. The number of carbonyl (C=O) groups excluding carboxylic acids is 1. The number of carboxylic acid groups (broad SMARTS) is 1. The average molecular weight is 341 g/mol. The second-order valence-corrected chi connectivity index (χ2v) is 5.79. The minimum Gasteiger partial charge on any atom is -0.479 e. The summed E-state index contributed by atoms with van der Waals surface area (Å²) in [6.45, 7) is 0.424. The Labute approximate surface area is 145 Å². The van der Waals surface area contributed by atoms with Crippen molar-refractivity contribution in [1.82, 2.24) is 5.32 Å². The van der Waals surface area contributed by atoms with Gasteiger partial charge >= 0.3 is 5.97 Å². The molecule has 1 amide bonds. The summed E-state index contributed by atoms with van der Waals surface area (Å²) in [7, 11) is 0. The molecule has 0 bridgehead atoms. The first-order chi connectivity index (χ1) is 12.1. The van der Waals surface area contributed by atoms with Crippen LogP contribution in [0.15, 0.2) is 54.6 Å². The highest BCUT2D eigenvalue weighted by atomic mass is 16.5. The lowest BCUT2D eigenvalue weighted by molar-refractivity contribution is -0.167. The Balaban J connectivity index is 1.71. The fourth-order valence-corrected chi connectivity index (χ4v) is 2.77. The first-order valence-electron chi connectivity index (χ1n) is 8.08. The monoisotopic (exact) mass is 341 g/mol. The van der Waals surface area contributed by atoms with Crippen LogP contribution in [0.1, 0.15) is 18.4 Å². The number of rotatable bonds is 6. The summed E-state index contributed by atoms with van der Waals surface area (Å²) in [6.07, 6.45) is 0.726. The number of hydrogen-bond acceptors (Lipinski definition) is 4. The topological polar surface area (TPSA) is 84.9 Å². The van der Waals surface area contributed by atoms with Gasteiger partial charge in [-0.1, -0.05) is 36.4 Å². The van der Waals surface area contributed by atoms with Crippen LogP contribution in [-0.4, -0.2) is 29.2 Å². The van der Waals surface area contributed by atoms with Crippen LogP contribution in [0.4, 0.5) is 0 Å². The zero-order valence-electron chi connectivity index (χ0n) is 13.6. The minimum absolute atomic E-state index is 0.153. The molecule has 2 aromatic carbocycles. The van der Waals surface area contributed by atoms with Gasteiger partial charge in [0.05, 0.1) is 0 Å². The molecular formula is C19H19NO5. The lowest BCUT2D eigenvalue weighted by Crippen LogP contribution is -2.52. The summed E-state index contributed by atoms with van der Waals surface area (Å²) >= 11 is 0. The number of benzene rings is 2. The van der Waals surface area contributed by atoms with E-state index >= 15 is 0 Å². The van der Waals surface area contributed by atoms with E-state index in [1.54, 1.807) is 6.07 Å². The molecule has 0 aliphatic carbocycles. The summed E-state index contributed by atoms with van der Waals surface area (Å²) in [4.78, 5) is 23.9. The number of ether oxygens (including phenoxy) is 2. The molecule has 0 spiro atoms. The van der Waals surface area contributed by atoms with Crippen LogP contribution in [-0.2, 0) is 20.9 Å². The number of nitrogens with one attached hydrogen (secondary N) is 1. The average Bonchev–Trinajstić information content (AvgIpc) is 3.13. The summed E-state index contributed by atoms with van der Waals surface area (Å²) in [6, 6.07) is 16.6. The molecule has 1 aliphatic heterocycles. The standard InChI is InChI=1S/C19H19NO5/c21-17(19(18(22)23)11-6-12-24-19)20-13-14-7-4-5-10-16(14)25-15-8-2-1-3-9-15/h1-5,7-10H,6,11-13H2,(H,20,21)(H,22,23). The SMILES string of the molecule is O=C(O)C1(C(=O)NCc2ccccc2Oc2ccccc2)CCCO1. The van der Waals surface area contributed by atoms with Gasteiger partial charge in [0.1, 0.15) is 11.5 Å². The van der Waals surface area contributed by atoms with Crippen LogP contribution in [0, 0.1) is 0 Å². The highest BCUT2D eigenvalue weighted by molar-refractivity contribution is 6.05. The van der Waals surface area contributed by atoms with Crippen molar-refractivity contribution in [3.8, 4) is 11.5 Å². The van der Waals surface area contributed by atoms with Crippen molar-refractivity contribution in [2.45, 2.75) is 25.0 Å². The number of aliphatic carboxylic acids is 1. The summed E-state index contributed by atoms with van der Waals surface area (Å²) in [5.74, 6) is -0.601. The van der Waals surface area contributed by atoms with Crippen molar-refractivity contribution in [3.63, 3.8) is 0 Å². The van der Waals surface area contributed by atoms with E-state index in [1.165, 1.54) is 0 Å². The van der Waals surface area contributed by atoms with Crippen molar-refractivity contribution in [3.05, 3.63) is 60.2 Å². The molecule has 1 atom stereocenters. The van der Waals surface area contributed by atoms with Gasteiger partial charge in [0, 0.05) is 18.7 Å². The van der Waals surface area contributed by atoms with Gasteiger partial charge in [0.25, 0.3) is 5.91 Å². The van der Waals surface area contributed by atoms with Crippen LogP contribution in [0.3, 0.4) is 0 Å². The number of hydrogen-bond donors (Lipinski definition) is 2. The highest BCUT2D eigenvalue weighted by Crippen LogP contribution is 2.28. The van der Waals surface area contributed by atoms with E-state index in [9.17, 15) is 14.7 Å². The van der Waals surface area contributed by atoms with E-state index in [0.717, 1.165) is 5.56 Å². The fraction of sp³-hybridized carbons (Fsp3) is 0.263. The van der Waals surface area contributed by atoms with Crippen LogP contribution in [0.25, 0.3) is 0 Å². The third kappa shape index (κ3) is 3.64. The molecule has 1 heterocycles.